The molecule has 1 aromatic carbocycles. The normalized spacial score (nSPS) is 20.3. The van der Waals surface area contributed by atoms with Crippen LogP contribution in [0.2, 0.25) is 5.02 Å². The van der Waals surface area contributed by atoms with E-state index in [1.54, 1.807) is 4.31 Å². The van der Waals surface area contributed by atoms with Crippen molar-refractivity contribution in [2.75, 3.05) is 18.8 Å². The van der Waals surface area contributed by atoms with Gasteiger partial charge in [0.05, 0.1) is 5.75 Å². The van der Waals surface area contributed by atoms with Crippen LogP contribution >= 0.6 is 11.6 Å². The van der Waals surface area contributed by atoms with Gasteiger partial charge in [-0.15, -0.1) is 0 Å². The van der Waals surface area contributed by atoms with Crippen molar-refractivity contribution < 1.29 is 8.42 Å². The number of hydrogen-bond acceptors (Lipinski definition) is 2. The molecule has 3 nitrogen and oxygen atoms in total. The van der Waals surface area contributed by atoms with Crippen LogP contribution in [0.4, 0.5) is 0 Å². The molecule has 1 saturated heterocycles. The second kappa shape index (κ2) is 5.38. The van der Waals surface area contributed by atoms with E-state index >= 15 is 0 Å². The van der Waals surface area contributed by atoms with E-state index in [1.807, 2.05) is 24.3 Å². The molecule has 1 aliphatic rings. The molecular formula is C12H16ClNO2S. The summed E-state index contributed by atoms with van der Waals surface area (Å²) in [5, 5.41) is 0.698. The zero-order valence-corrected chi connectivity index (χ0v) is 11.2. The van der Waals surface area contributed by atoms with E-state index in [0.29, 0.717) is 23.9 Å². The Kier molecular flexibility index (Phi) is 4.07. The Hall–Kier alpha value is -0.580. The van der Waals surface area contributed by atoms with Crippen molar-refractivity contribution in [3.8, 4) is 0 Å². The Labute approximate surface area is 107 Å². The van der Waals surface area contributed by atoms with E-state index in [9.17, 15) is 8.42 Å². The highest BCUT2D eigenvalue weighted by molar-refractivity contribution is 7.89. The van der Waals surface area contributed by atoms with Gasteiger partial charge in [-0.05, 0) is 37.0 Å². The number of benzene rings is 1. The first-order valence-electron chi connectivity index (χ1n) is 5.80. The van der Waals surface area contributed by atoms with Crippen molar-refractivity contribution in [3.05, 3.63) is 34.9 Å². The Morgan fingerprint density at radius 3 is 2.82 bits per heavy atom. The average Bonchev–Trinajstić information content (AvgIpc) is 2.27. The minimum absolute atomic E-state index is 0.294. The molecule has 0 aromatic heterocycles. The van der Waals surface area contributed by atoms with Crippen molar-refractivity contribution in [2.45, 2.75) is 19.3 Å². The zero-order chi connectivity index (χ0) is 12.3. The first-order chi connectivity index (χ1) is 8.08. The van der Waals surface area contributed by atoms with Gasteiger partial charge < -0.3 is 0 Å². The van der Waals surface area contributed by atoms with Gasteiger partial charge in [0, 0.05) is 18.1 Å². The Morgan fingerprint density at radius 1 is 1.29 bits per heavy atom. The maximum absolute atomic E-state index is 11.8. The molecule has 0 N–H and O–H groups in total. The van der Waals surface area contributed by atoms with Crippen molar-refractivity contribution in [3.63, 3.8) is 0 Å². The van der Waals surface area contributed by atoms with Gasteiger partial charge in [-0.1, -0.05) is 23.7 Å². The van der Waals surface area contributed by atoms with Crippen LogP contribution in [0, 0.1) is 0 Å². The number of hydrogen-bond donors (Lipinski definition) is 0. The predicted octanol–water partition coefficient (Wildman–Crippen LogP) is 2.31. The molecule has 94 valence electrons. The standard InChI is InChI=1S/C12H16ClNO2S/c13-12-5-3-4-11(10-12)6-8-14-7-1-2-9-17(14,15)16/h3-5,10H,1-2,6-9H2. The predicted molar refractivity (Wildman–Crippen MR) is 69.7 cm³/mol. The van der Waals surface area contributed by atoms with Crippen LogP contribution < -0.4 is 0 Å². The lowest BCUT2D eigenvalue weighted by molar-refractivity contribution is 0.386. The van der Waals surface area contributed by atoms with Crippen molar-refractivity contribution in [1.82, 2.24) is 4.31 Å². The highest BCUT2D eigenvalue weighted by atomic mass is 35.5. The smallest absolute Gasteiger partial charge is 0.212 e. The zero-order valence-electron chi connectivity index (χ0n) is 9.60. The molecule has 2 rings (SSSR count). The van der Waals surface area contributed by atoms with Crippen molar-refractivity contribution >= 4 is 21.6 Å². The molecule has 1 aromatic rings. The van der Waals surface area contributed by atoms with Crippen LogP contribution in [-0.2, 0) is 16.4 Å². The summed E-state index contributed by atoms with van der Waals surface area (Å²) >= 11 is 5.89. The average molecular weight is 274 g/mol. The first kappa shape index (κ1) is 12.9. The summed E-state index contributed by atoms with van der Waals surface area (Å²) in [5.41, 5.74) is 1.08. The molecule has 1 aliphatic heterocycles. The van der Waals surface area contributed by atoms with Crippen LogP contribution in [0.5, 0.6) is 0 Å². The summed E-state index contributed by atoms with van der Waals surface area (Å²) in [6, 6.07) is 7.58. The lowest BCUT2D eigenvalue weighted by Crippen LogP contribution is -2.39. The topological polar surface area (TPSA) is 37.4 Å². The number of halogens is 1. The van der Waals surface area contributed by atoms with Gasteiger partial charge in [0.25, 0.3) is 0 Å². The van der Waals surface area contributed by atoms with E-state index in [0.717, 1.165) is 24.8 Å². The molecule has 0 unspecified atom stereocenters. The lowest BCUT2D eigenvalue weighted by atomic mass is 10.1. The highest BCUT2D eigenvalue weighted by Gasteiger charge is 2.24. The molecule has 0 spiro atoms. The van der Waals surface area contributed by atoms with E-state index < -0.39 is 10.0 Å². The monoisotopic (exact) mass is 273 g/mol. The maximum atomic E-state index is 11.8. The first-order valence-corrected chi connectivity index (χ1v) is 7.79. The number of rotatable bonds is 3. The summed E-state index contributed by atoms with van der Waals surface area (Å²) < 4.78 is 25.1. The molecule has 0 bridgehead atoms. The fraction of sp³-hybridized carbons (Fsp3) is 0.500. The molecule has 1 fully saturated rings. The Bertz CT molecular complexity index is 487. The van der Waals surface area contributed by atoms with Crippen LogP contribution in [0.1, 0.15) is 18.4 Å². The molecule has 0 saturated carbocycles. The molecule has 0 radical (unpaired) electrons. The summed E-state index contributed by atoms with van der Waals surface area (Å²) in [6.07, 6.45) is 2.48. The van der Waals surface area contributed by atoms with Crippen molar-refractivity contribution in [1.29, 1.82) is 0 Å². The minimum atomic E-state index is -3.00. The van der Waals surface area contributed by atoms with E-state index in [-0.39, 0.29) is 0 Å². The van der Waals surface area contributed by atoms with Crippen LogP contribution in [0.25, 0.3) is 0 Å². The van der Waals surface area contributed by atoms with Crippen LogP contribution in [0.15, 0.2) is 24.3 Å². The van der Waals surface area contributed by atoms with Gasteiger partial charge in [0.1, 0.15) is 0 Å². The van der Waals surface area contributed by atoms with Crippen LogP contribution in [0.3, 0.4) is 0 Å². The fourth-order valence-corrected chi connectivity index (χ4v) is 3.85. The number of sulfonamides is 1. The Morgan fingerprint density at radius 2 is 2.12 bits per heavy atom. The van der Waals surface area contributed by atoms with Crippen LogP contribution in [-0.4, -0.2) is 31.6 Å². The van der Waals surface area contributed by atoms with E-state index in [2.05, 4.69) is 0 Å². The summed E-state index contributed by atoms with van der Waals surface area (Å²) in [6.45, 7) is 1.21. The van der Waals surface area contributed by atoms with E-state index in [4.69, 9.17) is 11.6 Å². The highest BCUT2D eigenvalue weighted by Crippen LogP contribution is 2.16. The third-order valence-electron chi connectivity index (χ3n) is 2.99. The largest absolute Gasteiger partial charge is 0.214 e. The quantitative estimate of drug-likeness (QED) is 0.848. The number of nitrogens with zero attached hydrogens (tertiary/aromatic N) is 1. The molecule has 0 aliphatic carbocycles. The summed E-state index contributed by atoms with van der Waals surface area (Å²) in [7, 11) is -3.00. The summed E-state index contributed by atoms with van der Waals surface area (Å²) in [5.74, 6) is 0.294. The lowest BCUT2D eigenvalue weighted by Gasteiger charge is -2.26. The second-order valence-electron chi connectivity index (χ2n) is 4.30. The van der Waals surface area contributed by atoms with Gasteiger partial charge in [-0.25, -0.2) is 12.7 Å². The van der Waals surface area contributed by atoms with Crippen molar-refractivity contribution in [2.24, 2.45) is 0 Å². The van der Waals surface area contributed by atoms with Gasteiger partial charge in [-0.2, -0.15) is 0 Å². The van der Waals surface area contributed by atoms with E-state index in [1.165, 1.54) is 0 Å². The molecule has 0 atom stereocenters. The van der Waals surface area contributed by atoms with Gasteiger partial charge in [0.15, 0.2) is 0 Å². The molecule has 17 heavy (non-hydrogen) atoms. The van der Waals surface area contributed by atoms with Gasteiger partial charge in [-0.3, -0.25) is 0 Å². The molecule has 1 heterocycles. The summed E-state index contributed by atoms with van der Waals surface area (Å²) in [4.78, 5) is 0. The Balaban J connectivity index is 1.98. The third kappa shape index (κ3) is 3.44. The maximum Gasteiger partial charge on any atom is 0.214 e. The molecule has 5 heteroatoms. The van der Waals surface area contributed by atoms with Gasteiger partial charge in [0.2, 0.25) is 10.0 Å². The fourth-order valence-electron chi connectivity index (χ4n) is 2.04. The minimum Gasteiger partial charge on any atom is -0.212 e. The second-order valence-corrected chi connectivity index (χ2v) is 6.83. The molecule has 0 amide bonds. The third-order valence-corrected chi connectivity index (χ3v) is 5.18. The molecular weight excluding hydrogens is 258 g/mol. The SMILES string of the molecule is O=S1(=O)CCCCN1CCc1cccc(Cl)c1. The van der Waals surface area contributed by atoms with Gasteiger partial charge >= 0.3 is 0 Å².